The molecule has 2 heterocycles. The Morgan fingerprint density at radius 3 is 2.58 bits per heavy atom. The van der Waals surface area contributed by atoms with Crippen molar-refractivity contribution in [2.24, 2.45) is 5.16 Å². The predicted molar refractivity (Wildman–Crippen MR) is 108 cm³/mol. The predicted octanol–water partition coefficient (Wildman–Crippen LogP) is 3.95. The topological polar surface area (TPSA) is 41.0 Å². The molecule has 26 heavy (non-hydrogen) atoms. The van der Waals surface area contributed by atoms with Crippen molar-refractivity contribution in [2.75, 3.05) is 44.7 Å². The van der Waals surface area contributed by atoms with Gasteiger partial charge in [0.25, 0.3) is 0 Å². The van der Waals surface area contributed by atoms with Gasteiger partial charge in [-0.05, 0) is 24.3 Å². The molecule has 3 rings (SSSR count). The lowest BCUT2D eigenvalue weighted by Crippen LogP contribution is -2.47. The Bertz CT molecular complexity index is 746. The molecular weight excluding hydrogens is 371 g/mol. The number of pyridine rings is 1. The summed E-state index contributed by atoms with van der Waals surface area (Å²) in [6.45, 7) is 4.86. The van der Waals surface area contributed by atoms with Gasteiger partial charge in [0.2, 0.25) is 0 Å². The highest BCUT2D eigenvalue weighted by Gasteiger charge is 2.18. The molecule has 0 radical (unpaired) electrons. The lowest BCUT2D eigenvalue weighted by atomic mass is 10.1. The first kappa shape index (κ1) is 19.0. The molecule has 0 spiro atoms. The molecule has 1 aromatic heterocycles. The zero-order chi connectivity index (χ0) is 18.4. The second kappa shape index (κ2) is 9.21. The molecule has 1 fully saturated rings. The van der Waals surface area contributed by atoms with Crippen LogP contribution in [-0.2, 0) is 4.84 Å². The summed E-state index contributed by atoms with van der Waals surface area (Å²) in [5.74, 6) is 1.05. The van der Waals surface area contributed by atoms with E-state index in [1.807, 2.05) is 30.5 Å². The molecule has 0 bridgehead atoms. The van der Waals surface area contributed by atoms with Gasteiger partial charge in [-0.25, -0.2) is 4.98 Å². The molecule has 0 amide bonds. The number of anilines is 1. The Morgan fingerprint density at radius 2 is 1.92 bits per heavy atom. The van der Waals surface area contributed by atoms with Crippen molar-refractivity contribution in [2.45, 2.75) is 6.42 Å². The largest absolute Gasteiger partial charge is 0.399 e. The molecule has 0 atom stereocenters. The lowest BCUT2D eigenvalue weighted by molar-refractivity contribution is 0.211. The van der Waals surface area contributed by atoms with Crippen molar-refractivity contribution in [3.8, 4) is 0 Å². The number of nitrogens with zero attached hydrogens (tertiary/aromatic N) is 4. The highest BCUT2D eigenvalue weighted by Crippen LogP contribution is 2.23. The van der Waals surface area contributed by atoms with E-state index >= 15 is 0 Å². The molecular formula is C19H22Cl2N4O. The SMILES string of the molecule is CO/N=C(/CCN1CCN(c2ccccn2)CC1)c1ccc(Cl)c(Cl)c1. The van der Waals surface area contributed by atoms with E-state index in [1.54, 1.807) is 13.2 Å². The lowest BCUT2D eigenvalue weighted by Gasteiger charge is -2.35. The van der Waals surface area contributed by atoms with Gasteiger partial charge in [0, 0.05) is 50.9 Å². The van der Waals surface area contributed by atoms with Gasteiger partial charge in [0.15, 0.2) is 0 Å². The summed E-state index contributed by atoms with van der Waals surface area (Å²) in [6.07, 6.45) is 2.63. The Morgan fingerprint density at radius 1 is 1.12 bits per heavy atom. The molecule has 1 aromatic carbocycles. The summed E-state index contributed by atoms with van der Waals surface area (Å²) >= 11 is 12.1. The summed E-state index contributed by atoms with van der Waals surface area (Å²) in [5, 5.41) is 5.24. The maximum absolute atomic E-state index is 6.13. The molecule has 1 aliphatic heterocycles. The summed E-state index contributed by atoms with van der Waals surface area (Å²) in [7, 11) is 1.56. The third-order valence-corrected chi connectivity index (χ3v) is 5.20. The zero-order valence-electron chi connectivity index (χ0n) is 14.7. The minimum Gasteiger partial charge on any atom is -0.399 e. The summed E-state index contributed by atoms with van der Waals surface area (Å²) in [4.78, 5) is 14.2. The van der Waals surface area contributed by atoms with E-state index in [-0.39, 0.29) is 0 Å². The fourth-order valence-corrected chi connectivity index (χ4v) is 3.33. The van der Waals surface area contributed by atoms with Crippen molar-refractivity contribution in [1.82, 2.24) is 9.88 Å². The number of rotatable bonds is 6. The van der Waals surface area contributed by atoms with E-state index < -0.39 is 0 Å². The maximum atomic E-state index is 6.13. The first-order valence-corrected chi connectivity index (χ1v) is 9.37. The molecule has 1 saturated heterocycles. The van der Waals surface area contributed by atoms with Gasteiger partial charge in [-0.15, -0.1) is 0 Å². The van der Waals surface area contributed by atoms with Crippen molar-refractivity contribution >= 4 is 34.7 Å². The van der Waals surface area contributed by atoms with Crippen LogP contribution in [0.1, 0.15) is 12.0 Å². The van der Waals surface area contributed by atoms with Crippen LogP contribution in [0.4, 0.5) is 5.82 Å². The van der Waals surface area contributed by atoms with Crippen LogP contribution in [0.25, 0.3) is 0 Å². The molecule has 0 N–H and O–H groups in total. The Kier molecular flexibility index (Phi) is 6.72. The number of piperazine rings is 1. The van der Waals surface area contributed by atoms with Crippen LogP contribution >= 0.6 is 23.2 Å². The molecule has 0 unspecified atom stereocenters. The molecule has 7 heteroatoms. The van der Waals surface area contributed by atoms with Crippen LogP contribution in [0, 0.1) is 0 Å². The van der Waals surface area contributed by atoms with Gasteiger partial charge in [0.1, 0.15) is 12.9 Å². The zero-order valence-corrected chi connectivity index (χ0v) is 16.2. The molecule has 0 aliphatic carbocycles. The van der Waals surface area contributed by atoms with Crippen LogP contribution in [0.15, 0.2) is 47.8 Å². The number of oxime groups is 1. The third-order valence-electron chi connectivity index (χ3n) is 4.46. The van der Waals surface area contributed by atoms with Gasteiger partial charge in [0.05, 0.1) is 15.8 Å². The summed E-state index contributed by atoms with van der Waals surface area (Å²) in [5.41, 5.74) is 1.81. The van der Waals surface area contributed by atoms with Crippen molar-refractivity contribution < 1.29 is 4.84 Å². The van der Waals surface area contributed by atoms with E-state index in [4.69, 9.17) is 28.0 Å². The Hall–Kier alpha value is -1.82. The monoisotopic (exact) mass is 392 g/mol. The minimum atomic E-state index is 0.525. The van der Waals surface area contributed by atoms with Crippen LogP contribution in [0.5, 0.6) is 0 Å². The normalized spacial score (nSPS) is 16.0. The highest BCUT2D eigenvalue weighted by atomic mass is 35.5. The number of halogens is 2. The third kappa shape index (κ3) is 4.87. The van der Waals surface area contributed by atoms with Crippen LogP contribution in [0.3, 0.4) is 0 Å². The van der Waals surface area contributed by atoms with Gasteiger partial charge in [-0.1, -0.05) is 40.5 Å². The number of benzene rings is 1. The Labute approximate surface area is 164 Å². The van der Waals surface area contributed by atoms with Gasteiger partial charge in [-0.2, -0.15) is 0 Å². The quantitative estimate of drug-likeness (QED) is 0.551. The highest BCUT2D eigenvalue weighted by molar-refractivity contribution is 6.42. The fourth-order valence-electron chi connectivity index (χ4n) is 3.03. The molecule has 0 saturated carbocycles. The van der Waals surface area contributed by atoms with E-state index in [2.05, 4.69) is 26.0 Å². The van der Waals surface area contributed by atoms with Gasteiger partial charge in [-0.3, -0.25) is 4.90 Å². The first-order valence-electron chi connectivity index (χ1n) is 8.61. The van der Waals surface area contributed by atoms with Crippen molar-refractivity contribution in [1.29, 1.82) is 0 Å². The number of hydrogen-bond acceptors (Lipinski definition) is 5. The van der Waals surface area contributed by atoms with Crippen LogP contribution < -0.4 is 4.90 Å². The average Bonchev–Trinajstić information content (AvgIpc) is 2.68. The van der Waals surface area contributed by atoms with Crippen LogP contribution in [0.2, 0.25) is 10.0 Å². The number of aromatic nitrogens is 1. The molecule has 5 nitrogen and oxygen atoms in total. The van der Waals surface area contributed by atoms with E-state index in [0.717, 1.165) is 56.2 Å². The van der Waals surface area contributed by atoms with E-state index in [1.165, 1.54) is 0 Å². The van der Waals surface area contributed by atoms with E-state index in [9.17, 15) is 0 Å². The Balaban J connectivity index is 1.55. The standard InChI is InChI=1S/C19H22Cl2N4O/c1-26-23-18(15-5-6-16(20)17(21)14-15)7-9-24-10-12-25(13-11-24)19-4-2-3-8-22-19/h2-6,8,14H,7,9-13H2,1H3/b23-18-. The number of hydrogen-bond donors (Lipinski definition) is 0. The average molecular weight is 393 g/mol. The molecule has 138 valence electrons. The summed E-state index contributed by atoms with van der Waals surface area (Å²) < 4.78 is 0. The second-order valence-corrected chi connectivity index (χ2v) is 6.93. The van der Waals surface area contributed by atoms with Crippen molar-refractivity contribution in [3.05, 3.63) is 58.2 Å². The minimum absolute atomic E-state index is 0.525. The van der Waals surface area contributed by atoms with E-state index in [0.29, 0.717) is 10.0 Å². The van der Waals surface area contributed by atoms with Crippen LogP contribution in [-0.4, -0.2) is 55.4 Å². The smallest absolute Gasteiger partial charge is 0.128 e. The fraction of sp³-hybridized carbons (Fsp3) is 0.368. The second-order valence-electron chi connectivity index (χ2n) is 6.12. The maximum Gasteiger partial charge on any atom is 0.128 e. The summed E-state index contributed by atoms with van der Waals surface area (Å²) in [6, 6.07) is 11.6. The molecule has 2 aromatic rings. The molecule has 1 aliphatic rings. The van der Waals surface area contributed by atoms with Gasteiger partial charge >= 0.3 is 0 Å². The van der Waals surface area contributed by atoms with Gasteiger partial charge < -0.3 is 9.74 Å². The first-order chi connectivity index (χ1) is 12.7. The van der Waals surface area contributed by atoms with Crippen molar-refractivity contribution in [3.63, 3.8) is 0 Å².